The molecule has 3 amide bonds. The molecule has 1 heterocycles. The van der Waals surface area contributed by atoms with Crippen LogP contribution in [0, 0.1) is 35.5 Å². The molecular weight excluding hydrogens is 452 g/mol. The van der Waals surface area contributed by atoms with Crippen LogP contribution in [-0.4, -0.2) is 35.8 Å². The molecule has 7 heteroatoms. The van der Waals surface area contributed by atoms with Crippen LogP contribution < -0.4 is 10.1 Å². The standard InChI is InChI=1S/C27H25ClN2O4/c1-34-22-10-7-15(28)12-20(22)29-25(31)21(11-14-5-3-2-4-6-14)30-26(32)23-16-8-9-17(19-13-18(16)19)24(23)27(30)33/h2-10,12,16-19,21,23-24H,11,13H2,1H3,(H,29,31)/t16-,17-,18-,19-,21+,23-,24+/m1/s1. The van der Waals surface area contributed by atoms with Crippen LogP contribution in [0.25, 0.3) is 0 Å². The molecule has 1 saturated heterocycles. The Bertz CT molecular complexity index is 1180. The molecule has 5 aliphatic rings. The molecule has 2 bridgehead atoms. The van der Waals surface area contributed by atoms with Gasteiger partial charge in [-0.2, -0.15) is 0 Å². The number of hydrogen-bond acceptors (Lipinski definition) is 4. The van der Waals surface area contributed by atoms with Gasteiger partial charge in [-0.3, -0.25) is 19.3 Å². The van der Waals surface area contributed by atoms with Crippen LogP contribution in [0.1, 0.15) is 12.0 Å². The number of methoxy groups -OCH3 is 1. The SMILES string of the molecule is COc1ccc(Cl)cc1NC(=O)[C@H](Cc1ccccc1)N1C(=O)[C@@H]2[C@@H]3C=C[C@H]([C@H]4C[C@H]34)[C@@H]2C1=O. The van der Waals surface area contributed by atoms with Crippen molar-refractivity contribution in [3.8, 4) is 5.75 Å². The van der Waals surface area contributed by atoms with Crippen molar-refractivity contribution >= 4 is 35.0 Å². The number of nitrogens with one attached hydrogen (secondary N) is 1. The quantitative estimate of drug-likeness (QED) is 0.506. The molecule has 7 rings (SSSR count). The van der Waals surface area contributed by atoms with E-state index < -0.39 is 11.9 Å². The number of carbonyl (C=O) groups excluding carboxylic acids is 3. The summed E-state index contributed by atoms with van der Waals surface area (Å²) in [5.41, 5.74) is 1.28. The van der Waals surface area contributed by atoms with Gasteiger partial charge >= 0.3 is 0 Å². The highest BCUT2D eigenvalue weighted by Crippen LogP contribution is 2.65. The molecular formula is C27H25ClN2O4. The molecule has 3 fully saturated rings. The number of nitrogens with zero attached hydrogens (tertiary/aromatic N) is 1. The zero-order valence-corrected chi connectivity index (χ0v) is 19.4. The van der Waals surface area contributed by atoms with Gasteiger partial charge in [0.05, 0.1) is 24.6 Å². The predicted molar refractivity (Wildman–Crippen MR) is 127 cm³/mol. The van der Waals surface area contributed by atoms with E-state index in [-0.39, 0.29) is 41.9 Å². The molecule has 7 atom stereocenters. The Morgan fingerprint density at radius 2 is 1.71 bits per heavy atom. The monoisotopic (exact) mass is 476 g/mol. The Kier molecular flexibility index (Phi) is 5.03. The van der Waals surface area contributed by atoms with E-state index in [2.05, 4.69) is 17.5 Å². The zero-order valence-electron chi connectivity index (χ0n) is 18.7. The van der Waals surface area contributed by atoms with Crippen molar-refractivity contribution in [2.45, 2.75) is 18.9 Å². The first-order chi connectivity index (χ1) is 16.5. The summed E-state index contributed by atoms with van der Waals surface area (Å²) in [5.74, 6) is 0.111. The summed E-state index contributed by atoms with van der Waals surface area (Å²) in [6.07, 6.45) is 5.61. The number of hydrogen-bond donors (Lipinski definition) is 1. The van der Waals surface area contributed by atoms with Crippen molar-refractivity contribution in [1.29, 1.82) is 0 Å². The molecule has 0 aromatic heterocycles. The Hall–Kier alpha value is -3.12. The summed E-state index contributed by atoms with van der Waals surface area (Å²) in [6, 6.07) is 13.4. The van der Waals surface area contributed by atoms with E-state index in [1.165, 1.54) is 12.0 Å². The molecule has 0 radical (unpaired) electrons. The summed E-state index contributed by atoms with van der Waals surface area (Å²) in [5, 5.41) is 3.31. The van der Waals surface area contributed by atoms with Gasteiger partial charge in [0.25, 0.3) is 0 Å². The molecule has 0 spiro atoms. The van der Waals surface area contributed by atoms with E-state index in [9.17, 15) is 14.4 Å². The van der Waals surface area contributed by atoms with Crippen molar-refractivity contribution in [2.24, 2.45) is 35.5 Å². The summed E-state index contributed by atoms with van der Waals surface area (Å²) >= 11 is 6.15. The molecule has 34 heavy (non-hydrogen) atoms. The number of ether oxygens (including phenoxy) is 1. The van der Waals surface area contributed by atoms with Gasteiger partial charge in [0.2, 0.25) is 17.7 Å². The first-order valence-corrected chi connectivity index (χ1v) is 12.1. The molecule has 2 saturated carbocycles. The van der Waals surface area contributed by atoms with E-state index in [1.54, 1.807) is 18.2 Å². The van der Waals surface area contributed by atoms with Crippen molar-refractivity contribution in [2.75, 3.05) is 12.4 Å². The normalized spacial score (nSPS) is 31.2. The second kappa shape index (κ2) is 7.98. The Morgan fingerprint density at radius 1 is 1.06 bits per heavy atom. The van der Waals surface area contributed by atoms with Crippen molar-refractivity contribution in [3.63, 3.8) is 0 Å². The van der Waals surface area contributed by atoms with Gasteiger partial charge in [-0.15, -0.1) is 0 Å². The maximum atomic E-state index is 13.7. The largest absolute Gasteiger partial charge is 0.495 e. The van der Waals surface area contributed by atoms with Crippen molar-refractivity contribution < 1.29 is 19.1 Å². The van der Waals surface area contributed by atoms with Gasteiger partial charge in [-0.05, 0) is 53.9 Å². The van der Waals surface area contributed by atoms with Crippen LogP contribution in [0.4, 0.5) is 5.69 Å². The Balaban J connectivity index is 1.34. The lowest BCUT2D eigenvalue weighted by Gasteiger charge is -2.37. The zero-order chi connectivity index (χ0) is 23.6. The highest BCUT2D eigenvalue weighted by Gasteiger charge is 2.67. The number of carbonyl (C=O) groups is 3. The average Bonchev–Trinajstić information content (AvgIpc) is 3.62. The Labute approximate surface area is 202 Å². The third kappa shape index (κ3) is 3.27. The molecule has 1 N–H and O–H groups in total. The smallest absolute Gasteiger partial charge is 0.248 e. The lowest BCUT2D eigenvalue weighted by molar-refractivity contribution is -0.146. The van der Waals surface area contributed by atoms with E-state index in [1.807, 2.05) is 30.3 Å². The second-order valence-corrected chi connectivity index (χ2v) is 10.2. The summed E-state index contributed by atoms with van der Waals surface area (Å²) in [7, 11) is 1.51. The van der Waals surface area contributed by atoms with Gasteiger partial charge in [-0.1, -0.05) is 54.1 Å². The first kappa shape index (κ1) is 21.4. The molecule has 1 aliphatic heterocycles. The summed E-state index contributed by atoms with van der Waals surface area (Å²) in [6.45, 7) is 0. The third-order valence-electron chi connectivity index (χ3n) is 8.00. The molecule has 2 aromatic rings. The molecule has 2 aromatic carbocycles. The maximum Gasteiger partial charge on any atom is 0.248 e. The van der Waals surface area contributed by atoms with Crippen LogP contribution in [0.15, 0.2) is 60.7 Å². The van der Waals surface area contributed by atoms with Gasteiger partial charge < -0.3 is 10.1 Å². The number of halogens is 1. The van der Waals surface area contributed by atoms with Crippen LogP contribution in [0.5, 0.6) is 5.75 Å². The summed E-state index contributed by atoms with van der Waals surface area (Å²) in [4.78, 5) is 42.3. The van der Waals surface area contributed by atoms with Crippen LogP contribution in [0.3, 0.4) is 0 Å². The predicted octanol–water partition coefficient (Wildman–Crippen LogP) is 3.95. The molecule has 0 unspecified atom stereocenters. The number of anilines is 1. The van der Waals surface area contributed by atoms with Crippen LogP contribution in [0.2, 0.25) is 5.02 Å². The number of benzene rings is 2. The highest BCUT2D eigenvalue weighted by atomic mass is 35.5. The maximum absolute atomic E-state index is 13.7. The van der Waals surface area contributed by atoms with Crippen molar-refractivity contribution in [1.82, 2.24) is 4.90 Å². The first-order valence-electron chi connectivity index (χ1n) is 11.7. The number of likely N-dealkylation sites (tertiary alicyclic amines) is 1. The van der Waals surface area contributed by atoms with E-state index in [0.717, 1.165) is 12.0 Å². The number of imide groups is 1. The fraction of sp³-hybridized carbons (Fsp3) is 0.370. The van der Waals surface area contributed by atoms with Gasteiger partial charge in [-0.25, -0.2) is 0 Å². The van der Waals surface area contributed by atoms with Crippen LogP contribution in [-0.2, 0) is 20.8 Å². The van der Waals surface area contributed by atoms with E-state index in [4.69, 9.17) is 16.3 Å². The third-order valence-corrected chi connectivity index (χ3v) is 8.24. The molecule has 174 valence electrons. The minimum absolute atomic E-state index is 0.106. The van der Waals surface area contributed by atoms with Crippen LogP contribution >= 0.6 is 11.6 Å². The van der Waals surface area contributed by atoms with Gasteiger partial charge in [0.1, 0.15) is 11.8 Å². The Morgan fingerprint density at radius 3 is 2.32 bits per heavy atom. The minimum atomic E-state index is -0.965. The second-order valence-electron chi connectivity index (χ2n) is 9.74. The fourth-order valence-corrected chi connectivity index (χ4v) is 6.59. The highest BCUT2D eigenvalue weighted by molar-refractivity contribution is 6.31. The lowest BCUT2D eigenvalue weighted by Crippen LogP contribution is -2.49. The minimum Gasteiger partial charge on any atom is -0.495 e. The van der Waals surface area contributed by atoms with Gasteiger partial charge in [0, 0.05) is 11.4 Å². The molecule has 4 aliphatic carbocycles. The number of rotatable bonds is 6. The number of allylic oxidation sites excluding steroid dienone is 2. The topological polar surface area (TPSA) is 75.7 Å². The average molecular weight is 477 g/mol. The fourth-order valence-electron chi connectivity index (χ4n) is 6.42. The van der Waals surface area contributed by atoms with Gasteiger partial charge in [0.15, 0.2) is 0 Å². The summed E-state index contributed by atoms with van der Waals surface area (Å²) < 4.78 is 5.37. The molecule has 6 nitrogen and oxygen atoms in total. The van der Waals surface area contributed by atoms with Crippen molar-refractivity contribution in [3.05, 3.63) is 71.3 Å². The lowest BCUT2D eigenvalue weighted by atomic mass is 9.63. The van der Waals surface area contributed by atoms with E-state index >= 15 is 0 Å². The van der Waals surface area contributed by atoms with E-state index in [0.29, 0.717) is 28.3 Å². The number of amides is 3.